The van der Waals surface area contributed by atoms with Crippen molar-refractivity contribution in [1.82, 2.24) is 4.31 Å². The predicted molar refractivity (Wildman–Crippen MR) is 82.0 cm³/mol. The van der Waals surface area contributed by atoms with Crippen molar-refractivity contribution >= 4 is 15.7 Å². The van der Waals surface area contributed by atoms with Crippen LogP contribution in [-0.2, 0) is 10.0 Å². The quantitative estimate of drug-likeness (QED) is 0.854. The van der Waals surface area contributed by atoms with E-state index in [1.807, 2.05) is 0 Å². The first kappa shape index (κ1) is 16.2. The molecule has 1 saturated heterocycles. The molecule has 4 nitrogen and oxygen atoms in total. The van der Waals surface area contributed by atoms with E-state index in [9.17, 15) is 12.8 Å². The van der Waals surface area contributed by atoms with E-state index in [4.69, 9.17) is 5.73 Å². The van der Waals surface area contributed by atoms with E-state index in [0.717, 1.165) is 6.42 Å². The van der Waals surface area contributed by atoms with Crippen molar-refractivity contribution in [2.75, 3.05) is 18.8 Å². The standard InChI is InChI=1S/C15H23FN2O2S/c1-9-5-10(2)8-18(7-9)21(19,20)15-11(3)6-13(16)14(17)12(15)4/h6,9-10H,5,7-8,17H2,1-4H3. The van der Waals surface area contributed by atoms with Gasteiger partial charge in [-0.05, 0) is 49.3 Å². The molecule has 1 fully saturated rings. The monoisotopic (exact) mass is 314 g/mol. The Morgan fingerprint density at radius 1 is 1.24 bits per heavy atom. The topological polar surface area (TPSA) is 63.4 Å². The highest BCUT2D eigenvalue weighted by Crippen LogP contribution is 2.32. The zero-order valence-corrected chi connectivity index (χ0v) is 13.8. The fourth-order valence-electron chi connectivity index (χ4n) is 3.26. The molecule has 0 aromatic heterocycles. The molecule has 118 valence electrons. The summed E-state index contributed by atoms with van der Waals surface area (Å²) in [5, 5.41) is 0. The number of nitrogens with zero attached hydrogens (tertiary/aromatic N) is 1. The molecule has 21 heavy (non-hydrogen) atoms. The van der Waals surface area contributed by atoms with Gasteiger partial charge in [-0.2, -0.15) is 4.31 Å². The predicted octanol–water partition coefficient (Wildman–Crippen LogP) is 2.69. The van der Waals surface area contributed by atoms with Crippen LogP contribution in [0, 0.1) is 31.5 Å². The molecule has 6 heteroatoms. The summed E-state index contributed by atoms with van der Waals surface area (Å²) >= 11 is 0. The Balaban J connectivity index is 2.52. The van der Waals surface area contributed by atoms with Crippen LogP contribution < -0.4 is 5.73 Å². The summed E-state index contributed by atoms with van der Waals surface area (Å²) in [6, 6.07) is 1.20. The van der Waals surface area contributed by atoms with Crippen molar-refractivity contribution in [2.45, 2.75) is 39.0 Å². The van der Waals surface area contributed by atoms with E-state index in [1.165, 1.54) is 10.4 Å². The summed E-state index contributed by atoms with van der Waals surface area (Å²) in [5.41, 5.74) is 6.30. The molecule has 0 spiro atoms. The van der Waals surface area contributed by atoms with Gasteiger partial charge in [0.1, 0.15) is 5.82 Å². The van der Waals surface area contributed by atoms with Gasteiger partial charge in [0.25, 0.3) is 0 Å². The van der Waals surface area contributed by atoms with Gasteiger partial charge in [-0.25, -0.2) is 12.8 Å². The molecule has 1 aromatic carbocycles. The number of halogens is 1. The average molecular weight is 314 g/mol. The molecule has 0 saturated carbocycles. The molecule has 0 aliphatic carbocycles. The van der Waals surface area contributed by atoms with Crippen molar-refractivity contribution in [3.8, 4) is 0 Å². The minimum Gasteiger partial charge on any atom is -0.396 e. The van der Waals surface area contributed by atoms with E-state index in [-0.39, 0.29) is 10.6 Å². The lowest BCUT2D eigenvalue weighted by Gasteiger charge is -2.34. The summed E-state index contributed by atoms with van der Waals surface area (Å²) in [6.07, 6.45) is 1.02. The van der Waals surface area contributed by atoms with Crippen molar-refractivity contribution in [3.05, 3.63) is 23.0 Å². The maximum Gasteiger partial charge on any atom is 0.243 e. The maximum atomic E-state index is 13.6. The zero-order chi connectivity index (χ0) is 15.9. The minimum atomic E-state index is -3.64. The van der Waals surface area contributed by atoms with Crippen LogP contribution >= 0.6 is 0 Å². The molecular formula is C15H23FN2O2S. The third-order valence-electron chi connectivity index (χ3n) is 4.14. The summed E-state index contributed by atoms with van der Waals surface area (Å²) in [7, 11) is -3.64. The minimum absolute atomic E-state index is 0.0859. The highest BCUT2D eigenvalue weighted by atomic mass is 32.2. The number of hydrogen-bond donors (Lipinski definition) is 1. The number of nitrogen functional groups attached to an aromatic ring is 1. The van der Waals surface area contributed by atoms with Crippen LogP contribution in [0.1, 0.15) is 31.4 Å². The van der Waals surface area contributed by atoms with Gasteiger partial charge in [-0.1, -0.05) is 13.8 Å². The number of rotatable bonds is 2. The first-order valence-electron chi connectivity index (χ1n) is 7.20. The molecular weight excluding hydrogens is 291 g/mol. The Bertz CT molecular complexity index is 648. The van der Waals surface area contributed by atoms with Crippen LogP contribution in [0.5, 0.6) is 0 Å². The van der Waals surface area contributed by atoms with Crippen molar-refractivity contribution in [3.63, 3.8) is 0 Å². The molecule has 2 unspecified atom stereocenters. The van der Waals surface area contributed by atoms with Crippen LogP contribution in [0.25, 0.3) is 0 Å². The van der Waals surface area contributed by atoms with E-state index in [2.05, 4.69) is 13.8 Å². The van der Waals surface area contributed by atoms with Crippen molar-refractivity contribution in [1.29, 1.82) is 0 Å². The van der Waals surface area contributed by atoms with Crippen LogP contribution in [0.15, 0.2) is 11.0 Å². The SMILES string of the molecule is Cc1cc(F)c(N)c(C)c1S(=O)(=O)N1CC(C)CC(C)C1. The molecule has 0 bridgehead atoms. The Hall–Kier alpha value is -1.14. The first-order valence-corrected chi connectivity index (χ1v) is 8.64. The number of benzene rings is 1. The van der Waals surface area contributed by atoms with Gasteiger partial charge in [-0.15, -0.1) is 0 Å². The number of anilines is 1. The van der Waals surface area contributed by atoms with Crippen LogP contribution in [0.2, 0.25) is 0 Å². The van der Waals surface area contributed by atoms with Gasteiger partial charge < -0.3 is 5.73 Å². The van der Waals surface area contributed by atoms with Crippen molar-refractivity contribution < 1.29 is 12.8 Å². The summed E-state index contributed by atoms with van der Waals surface area (Å²) in [5.74, 6) is 0.0770. The molecule has 1 aliphatic rings. The van der Waals surface area contributed by atoms with Crippen LogP contribution in [0.3, 0.4) is 0 Å². The second-order valence-corrected chi connectivity index (χ2v) is 8.19. The van der Waals surface area contributed by atoms with Crippen LogP contribution in [-0.4, -0.2) is 25.8 Å². The lowest BCUT2D eigenvalue weighted by atomic mass is 9.94. The fourth-order valence-corrected chi connectivity index (χ4v) is 5.38. The molecule has 0 amide bonds. The number of nitrogens with two attached hydrogens (primary N) is 1. The van der Waals surface area contributed by atoms with E-state index < -0.39 is 15.8 Å². The average Bonchev–Trinajstić information content (AvgIpc) is 2.34. The van der Waals surface area contributed by atoms with Gasteiger partial charge >= 0.3 is 0 Å². The number of sulfonamides is 1. The Morgan fingerprint density at radius 3 is 2.29 bits per heavy atom. The number of aryl methyl sites for hydroxylation is 1. The van der Waals surface area contributed by atoms with E-state index in [1.54, 1.807) is 13.8 Å². The second kappa shape index (κ2) is 5.57. The third-order valence-corrected chi connectivity index (χ3v) is 6.26. The normalized spacial score (nSPS) is 24.2. The Kier molecular flexibility index (Phi) is 4.31. The molecule has 2 N–H and O–H groups in total. The highest BCUT2D eigenvalue weighted by Gasteiger charge is 2.34. The van der Waals surface area contributed by atoms with E-state index >= 15 is 0 Å². The second-order valence-electron chi connectivity index (χ2n) is 6.31. The largest absolute Gasteiger partial charge is 0.396 e. The third kappa shape index (κ3) is 2.92. The molecule has 1 aliphatic heterocycles. The Morgan fingerprint density at radius 2 is 1.76 bits per heavy atom. The van der Waals surface area contributed by atoms with Crippen LogP contribution in [0.4, 0.5) is 10.1 Å². The van der Waals surface area contributed by atoms with Gasteiger partial charge in [0, 0.05) is 13.1 Å². The number of hydrogen-bond acceptors (Lipinski definition) is 3. The molecule has 2 atom stereocenters. The zero-order valence-electron chi connectivity index (χ0n) is 13.0. The lowest BCUT2D eigenvalue weighted by molar-refractivity contribution is 0.222. The molecule has 1 heterocycles. The highest BCUT2D eigenvalue weighted by molar-refractivity contribution is 7.89. The van der Waals surface area contributed by atoms with Gasteiger partial charge in [0.15, 0.2) is 0 Å². The smallest absolute Gasteiger partial charge is 0.243 e. The summed E-state index contributed by atoms with van der Waals surface area (Å²) in [4.78, 5) is 0.155. The summed E-state index contributed by atoms with van der Waals surface area (Å²) < 4.78 is 41.0. The maximum absolute atomic E-state index is 13.6. The fraction of sp³-hybridized carbons (Fsp3) is 0.600. The lowest BCUT2D eigenvalue weighted by Crippen LogP contribution is -2.43. The van der Waals surface area contributed by atoms with E-state index in [0.29, 0.717) is 36.1 Å². The molecule has 1 aromatic rings. The molecule has 0 radical (unpaired) electrons. The molecule has 2 rings (SSSR count). The number of piperidine rings is 1. The Labute approximate surface area is 126 Å². The summed E-state index contributed by atoms with van der Waals surface area (Å²) in [6.45, 7) is 8.29. The van der Waals surface area contributed by atoms with Gasteiger partial charge in [0.2, 0.25) is 10.0 Å². The van der Waals surface area contributed by atoms with Gasteiger partial charge in [-0.3, -0.25) is 0 Å². The van der Waals surface area contributed by atoms with Gasteiger partial charge in [0.05, 0.1) is 10.6 Å². The van der Waals surface area contributed by atoms with Crippen molar-refractivity contribution in [2.24, 2.45) is 11.8 Å². The first-order chi connectivity index (χ1) is 9.64.